The zero-order chi connectivity index (χ0) is 12.1. The quantitative estimate of drug-likeness (QED) is 0.813. The Morgan fingerprint density at radius 1 is 1.35 bits per heavy atom. The van der Waals surface area contributed by atoms with Gasteiger partial charge in [-0.3, -0.25) is 9.78 Å². The summed E-state index contributed by atoms with van der Waals surface area (Å²) in [5.74, 6) is 1.24. The molecule has 0 aliphatic rings. The summed E-state index contributed by atoms with van der Waals surface area (Å²) >= 11 is 0. The predicted octanol–water partition coefficient (Wildman–Crippen LogP) is 2.04. The highest BCUT2D eigenvalue weighted by atomic mass is 16.5. The minimum absolute atomic E-state index is 0.538. The lowest BCUT2D eigenvalue weighted by molar-refractivity contribution is 0.112. The van der Waals surface area contributed by atoms with Crippen LogP contribution >= 0.6 is 0 Å². The molecule has 0 aliphatic heterocycles. The van der Waals surface area contributed by atoms with Gasteiger partial charge in [0.2, 0.25) is 0 Å². The van der Waals surface area contributed by atoms with Crippen molar-refractivity contribution in [3.63, 3.8) is 0 Å². The zero-order valence-electron chi connectivity index (χ0n) is 9.25. The van der Waals surface area contributed by atoms with E-state index in [1.165, 1.54) is 0 Å². The molecular weight excluding hydrogens is 218 g/mol. The molecule has 0 aliphatic carbocycles. The Morgan fingerprint density at radius 2 is 2.24 bits per heavy atom. The van der Waals surface area contributed by atoms with Gasteiger partial charge in [0.25, 0.3) is 0 Å². The van der Waals surface area contributed by atoms with Crippen molar-refractivity contribution in [2.75, 3.05) is 12.4 Å². The van der Waals surface area contributed by atoms with Gasteiger partial charge in [0.05, 0.1) is 19.0 Å². The Balaban J connectivity index is 2.33. The number of aromatic nitrogens is 2. The molecule has 2 rings (SSSR count). The van der Waals surface area contributed by atoms with Crippen LogP contribution in [0.15, 0.2) is 36.8 Å². The number of nitrogens with zero attached hydrogens (tertiary/aromatic N) is 2. The molecule has 0 atom stereocenters. The molecule has 1 aromatic heterocycles. The highest BCUT2D eigenvalue weighted by molar-refractivity contribution is 5.86. The monoisotopic (exact) mass is 229 g/mol. The Kier molecular flexibility index (Phi) is 3.30. The third-order valence-electron chi connectivity index (χ3n) is 2.21. The van der Waals surface area contributed by atoms with Gasteiger partial charge in [-0.1, -0.05) is 0 Å². The van der Waals surface area contributed by atoms with E-state index in [0.29, 0.717) is 22.8 Å². The summed E-state index contributed by atoms with van der Waals surface area (Å²) in [6.45, 7) is 0. The van der Waals surface area contributed by atoms with E-state index in [-0.39, 0.29) is 0 Å². The van der Waals surface area contributed by atoms with Crippen LogP contribution in [0.5, 0.6) is 5.75 Å². The van der Waals surface area contributed by atoms with E-state index in [1.54, 1.807) is 43.9 Å². The van der Waals surface area contributed by atoms with Crippen LogP contribution < -0.4 is 10.1 Å². The van der Waals surface area contributed by atoms with Crippen LogP contribution in [0.25, 0.3) is 0 Å². The first-order valence-electron chi connectivity index (χ1n) is 4.99. The Hall–Kier alpha value is -2.43. The number of benzene rings is 1. The van der Waals surface area contributed by atoms with E-state index >= 15 is 0 Å². The fraction of sp³-hybridized carbons (Fsp3) is 0.0833. The van der Waals surface area contributed by atoms with Crippen molar-refractivity contribution in [3.05, 3.63) is 42.4 Å². The number of carbonyl (C=O) groups excluding carboxylic acids is 1. The summed E-state index contributed by atoms with van der Waals surface area (Å²) in [7, 11) is 1.57. The molecule has 5 heteroatoms. The van der Waals surface area contributed by atoms with Crippen molar-refractivity contribution < 1.29 is 9.53 Å². The van der Waals surface area contributed by atoms with Crippen LogP contribution in [-0.2, 0) is 0 Å². The lowest BCUT2D eigenvalue weighted by Crippen LogP contribution is -1.98. The molecule has 2 aromatic rings. The standard InChI is InChI=1S/C12H11N3O2/c1-17-10-3-2-9(8-16)11(6-10)15-12-7-13-4-5-14-12/h2-8H,1H3,(H,14,15). The van der Waals surface area contributed by atoms with Gasteiger partial charge in [0, 0.05) is 24.0 Å². The minimum atomic E-state index is 0.538. The second kappa shape index (κ2) is 5.07. The third-order valence-corrected chi connectivity index (χ3v) is 2.21. The number of methoxy groups -OCH3 is 1. The fourth-order valence-corrected chi connectivity index (χ4v) is 1.38. The summed E-state index contributed by atoms with van der Waals surface area (Å²) in [5.41, 5.74) is 1.18. The fourth-order valence-electron chi connectivity index (χ4n) is 1.38. The van der Waals surface area contributed by atoms with Crippen LogP contribution in [0, 0.1) is 0 Å². The molecule has 0 saturated carbocycles. The van der Waals surface area contributed by atoms with Gasteiger partial charge in [-0.25, -0.2) is 4.98 Å². The van der Waals surface area contributed by atoms with Gasteiger partial charge in [0.1, 0.15) is 11.6 Å². The maximum absolute atomic E-state index is 10.9. The number of ether oxygens (including phenoxy) is 1. The normalized spacial score (nSPS) is 9.71. The van der Waals surface area contributed by atoms with Crippen molar-refractivity contribution in [3.8, 4) is 5.75 Å². The molecule has 0 bridgehead atoms. The van der Waals surface area contributed by atoms with Crippen molar-refractivity contribution in [2.24, 2.45) is 0 Å². The SMILES string of the molecule is COc1ccc(C=O)c(Nc2cnccn2)c1. The van der Waals surface area contributed by atoms with E-state index in [4.69, 9.17) is 4.74 Å². The van der Waals surface area contributed by atoms with Crippen molar-refractivity contribution in [1.82, 2.24) is 9.97 Å². The number of anilines is 2. The second-order valence-electron chi connectivity index (χ2n) is 3.29. The Bertz CT molecular complexity index is 514. The van der Waals surface area contributed by atoms with E-state index < -0.39 is 0 Å². The molecule has 17 heavy (non-hydrogen) atoms. The maximum Gasteiger partial charge on any atom is 0.152 e. The van der Waals surface area contributed by atoms with Crippen LogP contribution in [0.1, 0.15) is 10.4 Å². The first-order valence-corrected chi connectivity index (χ1v) is 4.99. The average Bonchev–Trinajstić information content (AvgIpc) is 2.40. The topological polar surface area (TPSA) is 64.1 Å². The first kappa shape index (κ1) is 11.1. The minimum Gasteiger partial charge on any atom is -0.497 e. The lowest BCUT2D eigenvalue weighted by atomic mass is 10.2. The highest BCUT2D eigenvalue weighted by Crippen LogP contribution is 2.23. The molecule has 1 aromatic carbocycles. The lowest BCUT2D eigenvalue weighted by Gasteiger charge is -2.09. The summed E-state index contributed by atoms with van der Waals surface area (Å²) < 4.78 is 5.10. The summed E-state index contributed by atoms with van der Waals surface area (Å²) in [6, 6.07) is 5.15. The van der Waals surface area contributed by atoms with E-state index in [1.807, 2.05) is 0 Å². The largest absolute Gasteiger partial charge is 0.497 e. The van der Waals surface area contributed by atoms with Crippen LogP contribution in [0.4, 0.5) is 11.5 Å². The van der Waals surface area contributed by atoms with E-state index in [2.05, 4.69) is 15.3 Å². The molecule has 0 unspecified atom stereocenters. The molecule has 0 saturated heterocycles. The third kappa shape index (κ3) is 2.57. The van der Waals surface area contributed by atoms with Gasteiger partial charge in [-0.15, -0.1) is 0 Å². The number of nitrogens with one attached hydrogen (secondary N) is 1. The van der Waals surface area contributed by atoms with Crippen molar-refractivity contribution in [1.29, 1.82) is 0 Å². The number of carbonyl (C=O) groups is 1. The van der Waals surface area contributed by atoms with E-state index in [9.17, 15) is 4.79 Å². The predicted molar refractivity (Wildman–Crippen MR) is 63.7 cm³/mol. The molecule has 86 valence electrons. The maximum atomic E-state index is 10.9. The Labute approximate surface area is 98.5 Å². The van der Waals surface area contributed by atoms with Gasteiger partial charge in [0.15, 0.2) is 6.29 Å². The summed E-state index contributed by atoms with van der Waals surface area (Å²) in [6.07, 6.45) is 5.51. The van der Waals surface area contributed by atoms with Gasteiger partial charge >= 0.3 is 0 Å². The van der Waals surface area contributed by atoms with Crippen molar-refractivity contribution >= 4 is 17.8 Å². The van der Waals surface area contributed by atoms with E-state index in [0.717, 1.165) is 6.29 Å². The molecule has 0 fully saturated rings. The van der Waals surface area contributed by atoms with Gasteiger partial charge in [-0.2, -0.15) is 0 Å². The first-order chi connectivity index (χ1) is 8.33. The van der Waals surface area contributed by atoms with Crippen molar-refractivity contribution in [2.45, 2.75) is 0 Å². The molecule has 1 N–H and O–H groups in total. The molecule has 1 heterocycles. The number of aldehydes is 1. The van der Waals surface area contributed by atoms with Crippen LogP contribution in [0.3, 0.4) is 0 Å². The number of hydrogen-bond donors (Lipinski definition) is 1. The van der Waals surface area contributed by atoms with Crippen LogP contribution in [-0.4, -0.2) is 23.4 Å². The molecule has 0 spiro atoms. The van der Waals surface area contributed by atoms with Crippen LogP contribution in [0.2, 0.25) is 0 Å². The Morgan fingerprint density at radius 3 is 2.88 bits per heavy atom. The smallest absolute Gasteiger partial charge is 0.152 e. The van der Waals surface area contributed by atoms with Gasteiger partial charge < -0.3 is 10.1 Å². The second-order valence-corrected chi connectivity index (χ2v) is 3.29. The number of hydrogen-bond acceptors (Lipinski definition) is 5. The molecule has 0 amide bonds. The molecular formula is C12H11N3O2. The highest BCUT2D eigenvalue weighted by Gasteiger charge is 2.04. The zero-order valence-corrected chi connectivity index (χ0v) is 9.25. The number of rotatable bonds is 4. The summed E-state index contributed by atoms with van der Waals surface area (Å²) in [5, 5.41) is 3.01. The molecule has 0 radical (unpaired) electrons. The average molecular weight is 229 g/mol. The van der Waals surface area contributed by atoms with Gasteiger partial charge in [-0.05, 0) is 12.1 Å². The summed E-state index contributed by atoms with van der Waals surface area (Å²) in [4.78, 5) is 18.9. The molecule has 5 nitrogen and oxygen atoms in total.